The summed E-state index contributed by atoms with van der Waals surface area (Å²) in [6.07, 6.45) is 4.04. The van der Waals surface area contributed by atoms with Gasteiger partial charge >= 0.3 is 0 Å². The third kappa shape index (κ3) is 3.53. The number of nitrogens with one attached hydrogen (secondary N) is 1. The molecular weight excluding hydrogens is 256 g/mol. The third-order valence-corrected chi connectivity index (χ3v) is 2.56. The van der Waals surface area contributed by atoms with Crippen LogP contribution in [0, 0.1) is 6.92 Å². The van der Waals surface area contributed by atoms with Gasteiger partial charge in [-0.1, -0.05) is 6.92 Å². The second kappa shape index (κ2) is 6.65. The molecule has 0 aliphatic rings. The average molecular weight is 274 g/mol. The Morgan fingerprint density at radius 3 is 2.90 bits per heavy atom. The molecule has 0 saturated carbocycles. The van der Waals surface area contributed by atoms with Crippen molar-refractivity contribution in [3.63, 3.8) is 0 Å². The van der Waals surface area contributed by atoms with Crippen LogP contribution in [0.15, 0.2) is 18.6 Å². The molecule has 0 aliphatic carbocycles. The second-order valence-corrected chi connectivity index (χ2v) is 4.24. The van der Waals surface area contributed by atoms with Crippen molar-refractivity contribution in [3.8, 4) is 5.88 Å². The van der Waals surface area contributed by atoms with E-state index < -0.39 is 0 Å². The average Bonchev–Trinajstić information content (AvgIpc) is 2.45. The molecule has 2 heterocycles. The summed E-state index contributed by atoms with van der Waals surface area (Å²) in [6, 6.07) is 1.84. The number of aromatic nitrogens is 4. The largest absolute Gasteiger partial charge is 0.476 e. The first-order valence-corrected chi connectivity index (χ1v) is 6.46. The molecule has 0 saturated heterocycles. The Morgan fingerprint density at radius 1 is 1.30 bits per heavy atom. The van der Waals surface area contributed by atoms with Gasteiger partial charge < -0.3 is 15.8 Å². The molecular formula is C13H18N6O. The maximum Gasteiger partial charge on any atom is 0.242 e. The van der Waals surface area contributed by atoms with Gasteiger partial charge in [0.15, 0.2) is 5.82 Å². The summed E-state index contributed by atoms with van der Waals surface area (Å²) < 4.78 is 5.46. The van der Waals surface area contributed by atoms with Crippen LogP contribution < -0.4 is 15.8 Å². The van der Waals surface area contributed by atoms with Crippen molar-refractivity contribution in [2.45, 2.75) is 26.8 Å². The van der Waals surface area contributed by atoms with E-state index in [4.69, 9.17) is 10.5 Å². The van der Waals surface area contributed by atoms with E-state index in [1.807, 2.05) is 19.9 Å². The zero-order valence-corrected chi connectivity index (χ0v) is 11.6. The molecule has 20 heavy (non-hydrogen) atoms. The first-order chi connectivity index (χ1) is 9.70. The second-order valence-electron chi connectivity index (χ2n) is 4.24. The zero-order chi connectivity index (χ0) is 14.4. The Hall–Kier alpha value is -2.44. The molecule has 0 spiro atoms. The number of nitrogens with zero attached hydrogens (tertiary/aromatic N) is 4. The highest BCUT2D eigenvalue weighted by atomic mass is 16.5. The standard InChI is InChI=1S/C13H18N6O/c1-3-6-20-13-11(14)12(17-8-18-13)16-7-10-4-5-15-9(2)19-10/h4-5,8H,3,6-7,14H2,1-2H3,(H,16,17,18). The number of hydrogen-bond acceptors (Lipinski definition) is 7. The minimum Gasteiger partial charge on any atom is -0.476 e. The summed E-state index contributed by atoms with van der Waals surface area (Å²) in [6.45, 7) is 4.96. The molecule has 0 aromatic carbocycles. The fourth-order valence-electron chi connectivity index (χ4n) is 1.61. The van der Waals surface area contributed by atoms with Crippen molar-refractivity contribution in [3.05, 3.63) is 30.1 Å². The molecule has 7 nitrogen and oxygen atoms in total. The minimum atomic E-state index is 0.406. The summed E-state index contributed by atoms with van der Waals surface area (Å²) in [4.78, 5) is 16.5. The summed E-state index contributed by atoms with van der Waals surface area (Å²) in [5.74, 6) is 1.68. The van der Waals surface area contributed by atoms with Gasteiger partial charge in [0.1, 0.15) is 17.8 Å². The number of hydrogen-bond donors (Lipinski definition) is 2. The fraction of sp³-hybridized carbons (Fsp3) is 0.385. The van der Waals surface area contributed by atoms with Gasteiger partial charge in [-0.2, -0.15) is 4.98 Å². The molecule has 0 bridgehead atoms. The fourth-order valence-corrected chi connectivity index (χ4v) is 1.61. The zero-order valence-electron chi connectivity index (χ0n) is 11.6. The lowest BCUT2D eigenvalue weighted by Crippen LogP contribution is -2.09. The number of aryl methyl sites for hydroxylation is 1. The maximum atomic E-state index is 5.97. The number of rotatable bonds is 6. The first kappa shape index (κ1) is 14.0. The molecule has 2 aromatic heterocycles. The molecule has 106 valence electrons. The van der Waals surface area contributed by atoms with Crippen molar-refractivity contribution < 1.29 is 4.74 Å². The van der Waals surface area contributed by atoms with E-state index in [-0.39, 0.29) is 0 Å². The van der Waals surface area contributed by atoms with E-state index in [2.05, 4.69) is 25.3 Å². The highest BCUT2D eigenvalue weighted by Crippen LogP contribution is 2.24. The first-order valence-electron chi connectivity index (χ1n) is 6.46. The Kier molecular flexibility index (Phi) is 4.65. The Morgan fingerprint density at radius 2 is 2.15 bits per heavy atom. The van der Waals surface area contributed by atoms with E-state index in [0.29, 0.717) is 30.5 Å². The highest BCUT2D eigenvalue weighted by Gasteiger charge is 2.09. The van der Waals surface area contributed by atoms with E-state index in [9.17, 15) is 0 Å². The maximum absolute atomic E-state index is 5.97. The van der Waals surface area contributed by atoms with Gasteiger partial charge in [0.25, 0.3) is 0 Å². The van der Waals surface area contributed by atoms with Crippen molar-refractivity contribution in [2.75, 3.05) is 17.7 Å². The van der Waals surface area contributed by atoms with Crippen LogP contribution in [0.3, 0.4) is 0 Å². The van der Waals surface area contributed by atoms with Crippen LogP contribution in [-0.2, 0) is 6.54 Å². The lowest BCUT2D eigenvalue weighted by molar-refractivity contribution is 0.306. The number of nitrogen functional groups attached to an aromatic ring is 1. The smallest absolute Gasteiger partial charge is 0.242 e. The molecule has 0 aliphatic heterocycles. The Bertz CT molecular complexity index is 575. The van der Waals surface area contributed by atoms with Crippen molar-refractivity contribution in [2.24, 2.45) is 0 Å². The summed E-state index contributed by atoms with van der Waals surface area (Å²) in [5, 5.41) is 3.13. The minimum absolute atomic E-state index is 0.406. The Balaban J connectivity index is 2.06. The van der Waals surface area contributed by atoms with Gasteiger partial charge in [-0.25, -0.2) is 15.0 Å². The van der Waals surface area contributed by atoms with E-state index >= 15 is 0 Å². The van der Waals surface area contributed by atoms with Crippen LogP contribution >= 0.6 is 0 Å². The van der Waals surface area contributed by atoms with Gasteiger partial charge in [0, 0.05) is 6.20 Å². The molecule has 2 aromatic rings. The molecule has 3 N–H and O–H groups in total. The lowest BCUT2D eigenvalue weighted by atomic mass is 10.3. The third-order valence-electron chi connectivity index (χ3n) is 2.56. The van der Waals surface area contributed by atoms with Gasteiger partial charge in [-0.15, -0.1) is 0 Å². The number of nitrogens with two attached hydrogens (primary N) is 1. The molecule has 7 heteroatoms. The molecule has 0 fully saturated rings. The molecule has 0 unspecified atom stereocenters. The van der Waals surface area contributed by atoms with Crippen LogP contribution in [0.2, 0.25) is 0 Å². The predicted octanol–water partition coefficient (Wildman–Crippen LogP) is 1.56. The van der Waals surface area contributed by atoms with Crippen LogP contribution in [0.25, 0.3) is 0 Å². The number of ether oxygens (including phenoxy) is 1. The van der Waals surface area contributed by atoms with Crippen LogP contribution in [0.5, 0.6) is 5.88 Å². The van der Waals surface area contributed by atoms with Crippen molar-refractivity contribution in [1.29, 1.82) is 0 Å². The molecule has 0 radical (unpaired) electrons. The van der Waals surface area contributed by atoms with Crippen molar-refractivity contribution in [1.82, 2.24) is 19.9 Å². The molecule has 0 amide bonds. The topological polar surface area (TPSA) is 98.8 Å². The van der Waals surface area contributed by atoms with Gasteiger partial charge in [0.05, 0.1) is 18.8 Å². The quantitative estimate of drug-likeness (QED) is 0.824. The van der Waals surface area contributed by atoms with Gasteiger partial charge in [-0.05, 0) is 19.4 Å². The van der Waals surface area contributed by atoms with Crippen molar-refractivity contribution >= 4 is 11.5 Å². The van der Waals surface area contributed by atoms with Gasteiger partial charge in [0.2, 0.25) is 5.88 Å². The van der Waals surface area contributed by atoms with E-state index in [1.54, 1.807) is 6.20 Å². The molecule has 0 atom stereocenters. The van der Waals surface area contributed by atoms with Crippen LogP contribution in [0.1, 0.15) is 24.9 Å². The van der Waals surface area contributed by atoms with Crippen LogP contribution in [-0.4, -0.2) is 26.5 Å². The monoisotopic (exact) mass is 274 g/mol. The molecule has 2 rings (SSSR count). The SMILES string of the molecule is CCCOc1ncnc(NCc2ccnc(C)n2)c1N. The lowest BCUT2D eigenvalue weighted by Gasteiger charge is -2.11. The summed E-state index contributed by atoms with van der Waals surface area (Å²) in [5.41, 5.74) is 7.25. The highest BCUT2D eigenvalue weighted by molar-refractivity contribution is 5.66. The van der Waals surface area contributed by atoms with E-state index in [1.165, 1.54) is 6.33 Å². The van der Waals surface area contributed by atoms with Gasteiger partial charge in [-0.3, -0.25) is 0 Å². The summed E-state index contributed by atoms with van der Waals surface area (Å²) in [7, 11) is 0. The number of anilines is 2. The normalized spacial score (nSPS) is 10.3. The summed E-state index contributed by atoms with van der Waals surface area (Å²) >= 11 is 0. The van der Waals surface area contributed by atoms with E-state index in [0.717, 1.165) is 17.9 Å². The predicted molar refractivity (Wildman–Crippen MR) is 76.3 cm³/mol. The Labute approximate surface area is 117 Å². The van der Waals surface area contributed by atoms with Crippen LogP contribution in [0.4, 0.5) is 11.5 Å².